The summed E-state index contributed by atoms with van der Waals surface area (Å²) in [6.07, 6.45) is -0.919. The number of aryl methyl sites for hydroxylation is 2. The van der Waals surface area contributed by atoms with E-state index >= 15 is 0 Å². The molecule has 1 atom stereocenters. The van der Waals surface area contributed by atoms with Crippen molar-refractivity contribution < 1.29 is 14.3 Å². The van der Waals surface area contributed by atoms with Crippen molar-refractivity contribution >= 4 is 28.9 Å². The first kappa shape index (κ1) is 16.7. The van der Waals surface area contributed by atoms with Crippen molar-refractivity contribution in [2.75, 3.05) is 5.32 Å². The Labute approximate surface area is 138 Å². The van der Waals surface area contributed by atoms with Crippen LogP contribution < -0.4 is 5.32 Å². The van der Waals surface area contributed by atoms with Gasteiger partial charge in [-0.25, -0.2) is 4.79 Å². The van der Waals surface area contributed by atoms with Crippen molar-refractivity contribution in [1.29, 1.82) is 5.26 Å². The van der Waals surface area contributed by atoms with Crippen LogP contribution in [-0.4, -0.2) is 18.0 Å². The summed E-state index contributed by atoms with van der Waals surface area (Å²) in [4.78, 5) is 26.1. The zero-order valence-corrected chi connectivity index (χ0v) is 13.9. The van der Waals surface area contributed by atoms with Crippen molar-refractivity contribution in [3.8, 4) is 6.07 Å². The average Bonchev–Trinajstić information content (AvgIpc) is 2.86. The molecular formula is C17H16N2O3S. The maximum absolute atomic E-state index is 12.1. The highest BCUT2D eigenvalue weighted by Gasteiger charge is 2.21. The molecule has 5 nitrogen and oxygen atoms in total. The van der Waals surface area contributed by atoms with E-state index in [0.29, 0.717) is 16.8 Å². The highest BCUT2D eigenvalue weighted by Crippen LogP contribution is 2.21. The quantitative estimate of drug-likeness (QED) is 0.872. The summed E-state index contributed by atoms with van der Waals surface area (Å²) in [7, 11) is 0. The molecule has 6 heteroatoms. The van der Waals surface area contributed by atoms with Crippen LogP contribution in [0.3, 0.4) is 0 Å². The molecule has 0 aliphatic rings. The number of benzene rings is 1. The minimum atomic E-state index is -0.919. The zero-order valence-electron chi connectivity index (χ0n) is 13.0. The Morgan fingerprint density at radius 1 is 1.26 bits per heavy atom. The van der Waals surface area contributed by atoms with Gasteiger partial charge in [-0.15, -0.1) is 11.3 Å². The van der Waals surface area contributed by atoms with Gasteiger partial charge in [0.1, 0.15) is 0 Å². The topological polar surface area (TPSA) is 79.2 Å². The summed E-state index contributed by atoms with van der Waals surface area (Å²) >= 11 is 1.51. The number of carbonyl (C=O) groups is 2. The van der Waals surface area contributed by atoms with E-state index in [4.69, 9.17) is 10.00 Å². The van der Waals surface area contributed by atoms with E-state index in [0.717, 1.165) is 9.75 Å². The van der Waals surface area contributed by atoms with Gasteiger partial charge in [-0.2, -0.15) is 5.26 Å². The molecule has 1 aromatic heterocycles. The average molecular weight is 328 g/mol. The van der Waals surface area contributed by atoms with Gasteiger partial charge in [0.2, 0.25) is 0 Å². The molecule has 1 heterocycles. The van der Waals surface area contributed by atoms with Crippen LogP contribution in [0.5, 0.6) is 0 Å². The van der Waals surface area contributed by atoms with Crippen LogP contribution in [0, 0.1) is 25.2 Å². The highest BCUT2D eigenvalue weighted by atomic mass is 32.1. The van der Waals surface area contributed by atoms with Gasteiger partial charge in [0.25, 0.3) is 5.91 Å². The highest BCUT2D eigenvalue weighted by molar-refractivity contribution is 7.12. The maximum atomic E-state index is 12.1. The van der Waals surface area contributed by atoms with Crippen molar-refractivity contribution in [3.05, 3.63) is 51.2 Å². The van der Waals surface area contributed by atoms with Crippen molar-refractivity contribution in [2.24, 2.45) is 0 Å². The van der Waals surface area contributed by atoms with Crippen LogP contribution in [0.1, 0.15) is 32.6 Å². The second kappa shape index (κ2) is 7.07. The minimum Gasteiger partial charge on any atom is -0.449 e. The number of rotatable bonds is 4. The van der Waals surface area contributed by atoms with Crippen molar-refractivity contribution in [2.45, 2.75) is 26.9 Å². The van der Waals surface area contributed by atoms with E-state index in [-0.39, 0.29) is 0 Å². The monoisotopic (exact) mass is 328 g/mol. The van der Waals surface area contributed by atoms with E-state index in [2.05, 4.69) is 5.32 Å². The predicted octanol–water partition coefficient (Wildman–Crippen LogP) is 3.42. The lowest BCUT2D eigenvalue weighted by Gasteiger charge is -2.13. The number of ether oxygens (including phenoxy) is 1. The Morgan fingerprint density at radius 2 is 1.91 bits per heavy atom. The number of nitrogens with one attached hydrogen (secondary N) is 1. The normalized spacial score (nSPS) is 11.4. The summed E-state index contributed by atoms with van der Waals surface area (Å²) < 4.78 is 5.21. The number of hydrogen-bond acceptors (Lipinski definition) is 5. The van der Waals surface area contributed by atoms with E-state index in [9.17, 15) is 9.59 Å². The van der Waals surface area contributed by atoms with Gasteiger partial charge >= 0.3 is 5.97 Å². The van der Waals surface area contributed by atoms with Crippen molar-refractivity contribution in [1.82, 2.24) is 0 Å². The fourth-order valence-electron chi connectivity index (χ4n) is 1.98. The Kier molecular flexibility index (Phi) is 5.14. The van der Waals surface area contributed by atoms with Crippen LogP contribution in [0.25, 0.3) is 0 Å². The van der Waals surface area contributed by atoms with Crippen LogP contribution in [-0.2, 0) is 9.53 Å². The summed E-state index contributed by atoms with van der Waals surface area (Å²) in [6, 6.07) is 10.2. The standard InChI is InChI=1S/C17H16N2O3S/c1-10-8-15(12(3)23-10)17(21)22-11(2)16(20)19-14-6-4-13(9-18)5-7-14/h4-8,11H,1-3H3,(H,19,20). The van der Waals surface area contributed by atoms with Gasteiger partial charge in [0.15, 0.2) is 6.10 Å². The Morgan fingerprint density at radius 3 is 2.43 bits per heavy atom. The molecule has 2 aromatic rings. The summed E-state index contributed by atoms with van der Waals surface area (Å²) in [5.41, 5.74) is 1.54. The predicted molar refractivity (Wildman–Crippen MR) is 88.5 cm³/mol. The summed E-state index contributed by atoms with van der Waals surface area (Å²) in [5, 5.41) is 11.4. The lowest BCUT2D eigenvalue weighted by Crippen LogP contribution is -2.30. The Hall–Kier alpha value is -2.65. The van der Waals surface area contributed by atoms with Gasteiger partial charge in [0, 0.05) is 15.4 Å². The molecule has 1 amide bonds. The molecule has 0 radical (unpaired) electrons. The SMILES string of the molecule is Cc1cc(C(=O)OC(C)C(=O)Nc2ccc(C#N)cc2)c(C)s1. The van der Waals surface area contributed by atoms with E-state index in [1.165, 1.54) is 18.3 Å². The third-order valence-corrected chi connectivity index (χ3v) is 4.16. The van der Waals surface area contributed by atoms with E-state index in [1.54, 1.807) is 30.3 Å². The molecule has 0 fully saturated rings. The molecule has 1 aromatic carbocycles. The first-order chi connectivity index (χ1) is 10.9. The van der Waals surface area contributed by atoms with Crippen molar-refractivity contribution in [3.63, 3.8) is 0 Å². The lowest BCUT2D eigenvalue weighted by molar-refractivity contribution is -0.123. The van der Waals surface area contributed by atoms with Crippen LogP contribution in [0.2, 0.25) is 0 Å². The lowest BCUT2D eigenvalue weighted by atomic mass is 10.2. The number of amides is 1. The van der Waals surface area contributed by atoms with Crippen LogP contribution in [0.15, 0.2) is 30.3 Å². The van der Waals surface area contributed by atoms with E-state index in [1.807, 2.05) is 19.9 Å². The molecule has 0 saturated heterocycles. The van der Waals surface area contributed by atoms with Gasteiger partial charge in [-0.3, -0.25) is 4.79 Å². The van der Waals surface area contributed by atoms with Gasteiger partial charge in [-0.1, -0.05) is 0 Å². The summed E-state index contributed by atoms with van der Waals surface area (Å²) in [5.74, 6) is -0.929. The van der Waals surface area contributed by atoms with Crippen LogP contribution in [0.4, 0.5) is 5.69 Å². The number of anilines is 1. The number of thiophene rings is 1. The molecule has 2 rings (SSSR count). The van der Waals surface area contributed by atoms with Gasteiger partial charge < -0.3 is 10.1 Å². The number of esters is 1. The van der Waals surface area contributed by atoms with Gasteiger partial charge in [0.05, 0.1) is 17.2 Å². The summed E-state index contributed by atoms with van der Waals surface area (Å²) in [6.45, 7) is 5.27. The molecule has 1 unspecified atom stereocenters. The molecule has 0 spiro atoms. The van der Waals surface area contributed by atoms with Gasteiger partial charge in [-0.05, 0) is 51.1 Å². The van der Waals surface area contributed by atoms with Crippen LogP contribution >= 0.6 is 11.3 Å². The number of nitriles is 1. The Balaban J connectivity index is 1.98. The largest absolute Gasteiger partial charge is 0.449 e. The second-order valence-electron chi connectivity index (χ2n) is 5.05. The molecule has 23 heavy (non-hydrogen) atoms. The molecule has 1 N–H and O–H groups in total. The number of carbonyl (C=O) groups excluding carboxylic acids is 2. The first-order valence-electron chi connectivity index (χ1n) is 6.99. The fourth-order valence-corrected chi connectivity index (χ4v) is 2.89. The Bertz CT molecular complexity index is 772. The minimum absolute atomic E-state index is 0.423. The van der Waals surface area contributed by atoms with E-state index < -0.39 is 18.0 Å². The number of hydrogen-bond donors (Lipinski definition) is 1. The zero-order chi connectivity index (χ0) is 17.0. The molecule has 118 valence electrons. The molecule has 0 bridgehead atoms. The fraction of sp³-hybridized carbons (Fsp3) is 0.235. The maximum Gasteiger partial charge on any atom is 0.340 e. The molecule has 0 saturated carbocycles. The second-order valence-corrected chi connectivity index (χ2v) is 6.51. The third-order valence-electron chi connectivity index (χ3n) is 3.20. The number of nitrogens with zero attached hydrogens (tertiary/aromatic N) is 1. The third kappa shape index (κ3) is 4.18. The molecule has 0 aliphatic carbocycles. The molecular weight excluding hydrogens is 312 g/mol. The smallest absolute Gasteiger partial charge is 0.340 e. The first-order valence-corrected chi connectivity index (χ1v) is 7.81. The molecule has 0 aliphatic heterocycles.